The molecule has 24 heavy (non-hydrogen) atoms. The van der Waals surface area contributed by atoms with Crippen LogP contribution in [0.5, 0.6) is 0 Å². The summed E-state index contributed by atoms with van der Waals surface area (Å²) in [4.78, 5) is 8.28. The lowest BCUT2D eigenvalue weighted by Crippen LogP contribution is -2.07. The number of hydrogen-bond acceptors (Lipinski definition) is 2. The van der Waals surface area contributed by atoms with Crippen molar-refractivity contribution < 1.29 is 0 Å². The number of nitrogens with one attached hydrogen (secondary N) is 1. The first-order valence-electron chi connectivity index (χ1n) is 8.17. The predicted molar refractivity (Wildman–Crippen MR) is 97.7 cm³/mol. The van der Waals surface area contributed by atoms with Crippen LogP contribution in [-0.2, 0) is 0 Å². The van der Waals surface area contributed by atoms with E-state index in [1.807, 2.05) is 6.07 Å². The molecule has 3 nitrogen and oxygen atoms in total. The molecule has 0 fully saturated rings. The van der Waals surface area contributed by atoms with Crippen molar-refractivity contribution >= 4 is 11.0 Å². The molecule has 1 aliphatic carbocycles. The van der Waals surface area contributed by atoms with Gasteiger partial charge in [0, 0.05) is 5.56 Å². The van der Waals surface area contributed by atoms with Crippen LogP contribution in [0.4, 0.5) is 0 Å². The van der Waals surface area contributed by atoms with Gasteiger partial charge >= 0.3 is 0 Å². The molecule has 3 heteroatoms. The van der Waals surface area contributed by atoms with Crippen molar-refractivity contribution in [1.82, 2.24) is 9.97 Å². The van der Waals surface area contributed by atoms with Gasteiger partial charge < -0.3 is 10.7 Å². The fraction of sp³-hybridized carbons (Fsp3) is 0.0952. The van der Waals surface area contributed by atoms with Gasteiger partial charge in [0.25, 0.3) is 0 Å². The Morgan fingerprint density at radius 2 is 1.71 bits per heavy atom. The van der Waals surface area contributed by atoms with E-state index in [0.717, 1.165) is 22.4 Å². The van der Waals surface area contributed by atoms with Crippen LogP contribution in [0.25, 0.3) is 33.5 Å². The van der Waals surface area contributed by atoms with Crippen LogP contribution in [0.2, 0.25) is 0 Å². The van der Waals surface area contributed by atoms with Crippen molar-refractivity contribution in [2.75, 3.05) is 0 Å². The standard InChI is InChI=1S/C21H17N3/c1-12-9-10-17-18(11-12)24-21(23-17)16-8-4-7-15-19(16)13-5-2-3-6-14(13)20(15)22/h2-11,20H,22H2,1H3,(H,23,24). The monoisotopic (exact) mass is 311 g/mol. The van der Waals surface area contributed by atoms with Gasteiger partial charge in [0.1, 0.15) is 5.82 Å². The Kier molecular flexibility index (Phi) is 2.70. The van der Waals surface area contributed by atoms with Crippen molar-refractivity contribution in [3.05, 3.63) is 77.4 Å². The van der Waals surface area contributed by atoms with Crippen LogP contribution in [0, 0.1) is 6.92 Å². The molecule has 1 atom stereocenters. The molecule has 1 unspecified atom stereocenters. The lowest BCUT2D eigenvalue weighted by atomic mass is 9.99. The van der Waals surface area contributed by atoms with Gasteiger partial charge in [-0.25, -0.2) is 4.98 Å². The van der Waals surface area contributed by atoms with Gasteiger partial charge in [-0.05, 0) is 46.9 Å². The summed E-state index contributed by atoms with van der Waals surface area (Å²) >= 11 is 0. The van der Waals surface area contributed by atoms with E-state index in [-0.39, 0.29) is 6.04 Å². The number of hydrogen-bond donors (Lipinski definition) is 2. The van der Waals surface area contributed by atoms with E-state index in [2.05, 4.69) is 66.5 Å². The maximum absolute atomic E-state index is 6.47. The van der Waals surface area contributed by atoms with E-state index in [9.17, 15) is 0 Å². The van der Waals surface area contributed by atoms with Gasteiger partial charge in [-0.3, -0.25) is 0 Å². The molecule has 0 spiro atoms. The third-order valence-corrected chi connectivity index (χ3v) is 4.89. The lowest BCUT2D eigenvalue weighted by Gasteiger charge is -2.08. The molecule has 3 N–H and O–H groups in total. The summed E-state index contributed by atoms with van der Waals surface area (Å²) in [5, 5.41) is 0. The van der Waals surface area contributed by atoms with Crippen molar-refractivity contribution in [1.29, 1.82) is 0 Å². The third-order valence-electron chi connectivity index (χ3n) is 4.89. The summed E-state index contributed by atoms with van der Waals surface area (Å²) in [5.74, 6) is 0.899. The Balaban J connectivity index is 1.79. The number of aryl methyl sites for hydroxylation is 1. The summed E-state index contributed by atoms with van der Waals surface area (Å²) in [6.07, 6.45) is 0. The van der Waals surface area contributed by atoms with Crippen molar-refractivity contribution in [2.45, 2.75) is 13.0 Å². The number of fused-ring (bicyclic) bond motifs is 4. The largest absolute Gasteiger partial charge is 0.338 e. The molecule has 3 aromatic carbocycles. The predicted octanol–water partition coefficient (Wildman–Crippen LogP) is 4.57. The van der Waals surface area contributed by atoms with E-state index in [1.165, 1.54) is 27.8 Å². The van der Waals surface area contributed by atoms with E-state index in [1.54, 1.807) is 0 Å². The zero-order valence-corrected chi connectivity index (χ0v) is 13.4. The molecule has 0 radical (unpaired) electrons. The van der Waals surface area contributed by atoms with E-state index in [0.29, 0.717) is 0 Å². The second-order valence-electron chi connectivity index (χ2n) is 6.44. The number of nitrogens with two attached hydrogens (primary N) is 1. The molecular weight excluding hydrogens is 294 g/mol. The van der Waals surface area contributed by atoms with Gasteiger partial charge in [0.2, 0.25) is 0 Å². The minimum Gasteiger partial charge on any atom is -0.338 e. The molecule has 1 aliphatic rings. The first-order valence-corrected chi connectivity index (χ1v) is 8.17. The SMILES string of the molecule is Cc1ccc2nc(-c3cccc4c3-c3ccccc3C4N)[nH]c2c1. The number of nitrogens with zero attached hydrogens (tertiary/aromatic N) is 1. The van der Waals surface area contributed by atoms with Crippen LogP contribution in [0.1, 0.15) is 22.7 Å². The zero-order chi connectivity index (χ0) is 16.3. The first kappa shape index (κ1) is 13.5. The Morgan fingerprint density at radius 3 is 2.62 bits per heavy atom. The Labute approximate surface area is 140 Å². The minimum atomic E-state index is -0.0669. The maximum Gasteiger partial charge on any atom is 0.139 e. The Morgan fingerprint density at radius 1 is 0.917 bits per heavy atom. The molecule has 1 aromatic heterocycles. The second kappa shape index (κ2) is 4.79. The molecule has 0 aliphatic heterocycles. The highest BCUT2D eigenvalue weighted by Gasteiger charge is 2.28. The van der Waals surface area contributed by atoms with E-state index < -0.39 is 0 Å². The summed E-state index contributed by atoms with van der Waals surface area (Å²) in [7, 11) is 0. The van der Waals surface area contributed by atoms with Crippen LogP contribution in [0.15, 0.2) is 60.7 Å². The molecule has 116 valence electrons. The average molecular weight is 311 g/mol. The summed E-state index contributed by atoms with van der Waals surface area (Å²) < 4.78 is 0. The van der Waals surface area contributed by atoms with E-state index in [4.69, 9.17) is 10.7 Å². The minimum absolute atomic E-state index is 0.0669. The molecular formula is C21H17N3. The smallest absolute Gasteiger partial charge is 0.139 e. The van der Waals surface area contributed by atoms with Gasteiger partial charge in [0.15, 0.2) is 0 Å². The molecule has 5 rings (SSSR count). The Bertz CT molecular complexity index is 1090. The van der Waals surface area contributed by atoms with Gasteiger partial charge in [-0.15, -0.1) is 0 Å². The van der Waals surface area contributed by atoms with Gasteiger partial charge in [-0.2, -0.15) is 0 Å². The summed E-state index contributed by atoms with van der Waals surface area (Å²) in [6, 6.07) is 20.9. The first-order chi connectivity index (χ1) is 11.7. The van der Waals surface area contributed by atoms with Crippen LogP contribution < -0.4 is 5.73 Å². The molecule has 0 saturated carbocycles. The molecule has 1 heterocycles. The van der Waals surface area contributed by atoms with Crippen molar-refractivity contribution in [3.63, 3.8) is 0 Å². The van der Waals surface area contributed by atoms with Crippen LogP contribution in [-0.4, -0.2) is 9.97 Å². The normalized spacial score (nSPS) is 15.5. The summed E-state index contributed by atoms with van der Waals surface area (Å²) in [6.45, 7) is 2.09. The molecule has 0 bridgehead atoms. The van der Waals surface area contributed by atoms with Gasteiger partial charge in [-0.1, -0.05) is 48.5 Å². The maximum atomic E-state index is 6.47. The Hall–Kier alpha value is -2.91. The third kappa shape index (κ3) is 1.79. The number of imidazole rings is 1. The fourth-order valence-electron chi connectivity index (χ4n) is 3.74. The number of H-pyrrole nitrogens is 1. The van der Waals surface area contributed by atoms with Crippen LogP contribution in [0.3, 0.4) is 0 Å². The second-order valence-corrected chi connectivity index (χ2v) is 6.44. The molecule has 0 saturated heterocycles. The number of aromatic nitrogens is 2. The van der Waals surface area contributed by atoms with E-state index >= 15 is 0 Å². The fourth-order valence-corrected chi connectivity index (χ4v) is 3.74. The molecule has 4 aromatic rings. The zero-order valence-electron chi connectivity index (χ0n) is 13.4. The number of benzene rings is 3. The van der Waals surface area contributed by atoms with Crippen LogP contribution >= 0.6 is 0 Å². The highest BCUT2D eigenvalue weighted by Crippen LogP contribution is 2.46. The summed E-state index contributed by atoms with van der Waals surface area (Å²) in [5.41, 5.74) is 15.6. The highest BCUT2D eigenvalue weighted by molar-refractivity contribution is 5.91. The highest BCUT2D eigenvalue weighted by atomic mass is 14.9. The van der Waals surface area contributed by atoms with Crippen molar-refractivity contribution in [2.24, 2.45) is 5.73 Å². The number of aromatic amines is 1. The topological polar surface area (TPSA) is 54.7 Å². The van der Waals surface area contributed by atoms with Crippen molar-refractivity contribution in [3.8, 4) is 22.5 Å². The lowest BCUT2D eigenvalue weighted by molar-refractivity contribution is 0.901. The average Bonchev–Trinajstić information content (AvgIpc) is 3.15. The van der Waals surface area contributed by atoms with Gasteiger partial charge in [0.05, 0.1) is 17.1 Å². The number of rotatable bonds is 1. The quantitative estimate of drug-likeness (QED) is 0.541. The molecule has 0 amide bonds.